The number of anilines is 2. The zero-order chi connectivity index (χ0) is 19.9. The highest BCUT2D eigenvalue weighted by atomic mass is 15.3. The van der Waals surface area contributed by atoms with Gasteiger partial charge in [-0.05, 0) is 75.0 Å². The summed E-state index contributed by atoms with van der Waals surface area (Å²) in [5, 5.41) is 0. The monoisotopic (exact) mass is 392 g/mol. The van der Waals surface area contributed by atoms with E-state index in [0.717, 1.165) is 32.4 Å². The van der Waals surface area contributed by atoms with Crippen molar-refractivity contribution in [1.82, 2.24) is 9.80 Å². The van der Waals surface area contributed by atoms with Gasteiger partial charge in [0, 0.05) is 44.1 Å². The summed E-state index contributed by atoms with van der Waals surface area (Å²) >= 11 is 0. The van der Waals surface area contributed by atoms with E-state index in [1.54, 1.807) is 0 Å². The second kappa shape index (κ2) is 10.2. The maximum atomic E-state index is 5.62. The fourth-order valence-corrected chi connectivity index (χ4v) is 4.78. The molecule has 0 spiro atoms. The van der Waals surface area contributed by atoms with Crippen LogP contribution >= 0.6 is 0 Å². The van der Waals surface area contributed by atoms with E-state index in [4.69, 9.17) is 5.73 Å². The number of piperazine rings is 1. The Morgan fingerprint density at radius 3 is 1.69 bits per heavy atom. The number of unbranched alkanes of at least 4 members (excludes halogenated alkanes) is 1. The highest BCUT2D eigenvalue weighted by Crippen LogP contribution is 2.35. The molecule has 2 aromatic rings. The Labute approximate surface area is 176 Å². The first-order valence-corrected chi connectivity index (χ1v) is 11.4. The molecule has 1 fully saturated rings. The molecule has 2 aliphatic rings. The van der Waals surface area contributed by atoms with Crippen molar-refractivity contribution in [2.45, 2.75) is 32.1 Å². The van der Waals surface area contributed by atoms with Gasteiger partial charge in [-0.15, -0.1) is 0 Å². The number of fused-ring (bicyclic) bond motifs is 2. The summed E-state index contributed by atoms with van der Waals surface area (Å²) in [7, 11) is 0. The highest BCUT2D eigenvalue weighted by molar-refractivity contribution is 5.71. The molecule has 2 aliphatic heterocycles. The quantitative estimate of drug-likeness (QED) is 0.696. The Kier molecular flexibility index (Phi) is 7.20. The van der Waals surface area contributed by atoms with Crippen LogP contribution in [0.4, 0.5) is 11.4 Å². The number of para-hydroxylation sites is 2. The van der Waals surface area contributed by atoms with Crippen LogP contribution in [-0.2, 0) is 12.8 Å². The molecule has 4 heteroatoms. The Balaban J connectivity index is 1.33. The van der Waals surface area contributed by atoms with Crippen LogP contribution in [0.5, 0.6) is 0 Å². The van der Waals surface area contributed by atoms with Gasteiger partial charge in [0.25, 0.3) is 0 Å². The van der Waals surface area contributed by atoms with Crippen LogP contribution in [0.25, 0.3) is 0 Å². The van der Waals surface area contributed by atoms with E-state index in [1.807, 2.05) is 0 Å². The summed E-state index contributed by atoms with van der Waals surface area (Å²) < 4.78 is 0. The van der Waals surface area contributed by atoms with Gasteiger partial charge < -0.3 is 20.4 Å². The number of hydrogen-bond donors (Lipinski definition) is 1. The maximum Gasteiger partial charge on any atom is 0.0443 e. The Morgan fingerprint density at radius 2 is 1.14 bits per heavy atom. The molecule has 4 rings (SSSR count). The third-order valence-corrected chi connectivity index (χ3v) is 6.48. The molecule has 0 saturated carbocycles. The van der Waals surface area contributed by atoms with Crippen molar-refractivity contribution < 1.29 is 0 Å². The predicted octanol–water partition coefficient (Wildman–Crippen LogP) is 3.67. The number of nitrogens with two attached hydrogens (primary N) is 1. The molecule has 0 atom stereocenters. The van der Waals surface area contributed by atoms with Gasteiger partial charge in [-0.2, -0.15) is 0 Å². The van der Waals surface area contributed by atoms with Gasteiger partial charge in [0.05, 0.1) is 0 Å². The summed E-state index contributed by atoms with van der Waals surface area (Å²) in [6.45, 7) is 9.14. The fraction of sp³-hybridized carbons (Fsp3) is 0.520. The first kappa shape index (κ1) is 20.4. The van der Waals surface area contributed by atoms with Crippen LogP contribution in [0, 0.1) is 0 Å². The average Bonchev–Trinajstić information content (AvgIpc) is 2.92. The Bertz CT molecular complexity index is 719. The standard InChI is InChI=1S/C25H36N4/c26-14-5-6-15-27-18-20-28(21-19-27)16-7-17-29-24-10-3-1-8-22(24)12-13-23-9-2-4-11-25(23)29/h1-4,8-11H,5-7,12-21,26H2. The maximum absolute atomic E-state index is 5.62. The lowest BCUT2D eigenvalue weighted by Gasteiger charge is -2.35. The van der Waals surface area contributed by atoms with Crippen LogP contribution < -0.4 is 10.6 Å². The van der Waals surface area contributed by atoms with Crippen LogP contribution in [0.15, 0.2) is 48.5 Å². The second-order valence-electron chi connectivity index (χ2n) is 8.44. The molecular weight excluding hydrogens is 356 g/mol. The molecule has 4 nitrogen and oxygen atoms in total. The largest absolute Gasteiger partial charge is 0.341 e. The van der Waals surface area contributed by atoms with Crippen molar-refractivity contribution in [3.05, 3.63) is 59.7 Å². The minimum atomic E-state index is 0.822. The third kappa shape index (κ3) is 5.19. The normalized spacial score (nSPS) is 17.6. The van der Waals surface area contributed by atoms with Crippen molar-refractivity contribution in [2.75, 3.05) is 57.3 Å². The van der Waals surface area contributed by atoms with Gasteiger partial charge in [0.2, 0.25) is 0 Å². The topological polar surface area (TPSA) is 35.7 Å². The third-order valence-electron chi connectivity index (χ3n) is 6.48. The van der Waals surface area contributed by atoms with Crippen LogP contribution in [0.1, 0.15) is 30.4 Å². The highest BCUT2D eigenvalue weighted by Gasteiger charge is 2.21. The summed E-state index contributed by atoms with van der Waals surface area (Å²) in [5.41, 5.74) is 11.4. The zero-order valence-electron chi connectivity index (χ0n) is 17.7. The molecule has 2 N–H and O–H groups in total. The molecule has 2 heterocycles. The van der Waals surface area contributed by atoms with Crippen LogP contribution in [-0.4, -0.2) is 62.2 Å². The summed E-state index contributed by atoms with van der Waals surface area (Å²) in [6, 6.07) is 17.9. The van der Waals surface area contributed by atoms with Crippen molar-refractivity contribution in [3.63, 3.8) is 0 Å². The molecule has 0 aliphatic carbocycles. The van der Waals surface area contributed by atoms with Crippen LogP contribution in [0.3, 0.4) is 0 Å². The fourth-order valence-electron chi connectivity index (χ4n) is 4.78. The number of nitrogens with zero attached hydrogens (tertiary/aromatic N) is 3. The minimum absolute atomic E-state index is 0.822. The molecule has 29 heavy (non-hydrogen) atoms. The van der Waals surface area contributed by atoms with E-state index in [2.05, 4.69) is 63.2 Å². The zero-order valence-corrected chi connectivity index (χ0v) is 17.7. The van der Waals surface area contributed by atoms with Gasteiger partial charge in [-0.3, -0.25) is 0 Å². The summed E-state index contributed by atoms with van der Waals surface area (Å²) in [5.74, 6) is 0. The number of aryl methyl sites for hydroxylation is 2. The lowest BCUT2D eigenvalue weighted by atomic mass is 10.0. The van der Waals surface area contributed by atoms with Crippen molar-refractivity contribution in [2.24, 2.45) is 5.73 Å². The molecule has 1 saturated heterocycles. The Morgan fingerprint density at radius 1 is 0.621 bits per heavy atom. The van der Waals surface area contributed by atoms with E-state index >= 15 is 0 Å². The SMILES string of the molecule is NCCCCN1CCN(CCCN2c3ccccc3CCc3ccccc32)CC1. The molecule has 0 amide bonds. The average molecular weight is 393 g/mol. The predicted molar refractivity (Wildman–Crippen MR) is 123 cm³/mol. The van der Waals surface area contributed by atoms with E-state index in [1.165, 1.54) is 74.6 Å². The molecule has 0 bridgehead atoms. The van der Waals surface area contributed by atoms with E-state index in [-0.39, 0.29) is 0 Å². The summed E-state index contributed by atoms with van der Waals surface area (Å²) in [4.78, 5) is 7.82. The molecule has 0 aromatic heterocycles. The molecule has 0 radical (unpaired) electrons. The van der Waals surface area contributed by atoms with E-state index in [9.17, 15) is 0 Å². The van der Waals surface area contributed by atoms with Crippen LogP contribution in [0.2, 0.25) is 0 Å². The second-order valence-corrected chi connectivity index (χ2v) is 8.44. The van der Waals surface area contributed by atoms with Gasteiger partial charge in [-0.1, -0.05) is 36.4 Å². The molecular formula is C25H36N4. The molecule has 156 valence electrons. The first-order valence-electron chi connectivity index (χ1n) is 11.4. The minimum Gasteiger partial charge on any atom is -0.341 e. The van der Waals surface area contributed by atoms with Gasteiger partial charge >= 0.3 is 0 Å². The van der Waals surface area contributed by atoms with Gasteiger partial charge in [-0.25, -0.2) is 0 Å². The number of benzene rings is 2. The number of hydrogen-bond acceptors (Lipinski definition) is 4. The van der Waals surface area contributed by atoms with Crippen molar-refractivity contribution in [3.8, 4) is 0 Å². The lowest BCUT2D eigenvalue weighted by Crippen LogP contribution is -2.47. The first-order chi connectivity index (χ1) is 14.3. The van der Waals surface area contributed by atoms with Crippen molar-refractivity contribution >= 4 is 11.4 Å². The Hall–Kier alpha value is -1.88. The van der Waals surface area contributed by atoms with Gasteiger partial charge in [0.15, 0.2) is 0 Å². The van der Waals surface area contributed by atoms with Gasteiger partial charge in [0.1, 0.15) is 0 Å². The lowest BCUT2D eigenvalue weighted by molar-refractivity contribution is 0.130. The van der Waals surface area contributed by atoms with E-state index < -0.39 is 0 Å². The summed E-state index contributed by atoms with van der Waals surface area (Å²) in [6.07, 6.45) is 5.87. The van der Waals surface area contributed by atoms with E-state index in [0.29, 0.717) is 0 Å². The van der Waals surface area contributed by atoms with Crippen molar-refractivity contribution in [1.29, 1.82) is 0 Å². The smallest absolute Gasteiger partial charge is 0.0443 e. The number of rotatable bonds is 8. The molecule has 2 aromatic carbocycles. The molecule has 0 unspecified atom stereocenters.